The molecule has 3 aromatic rings. The van der Waals surface area contributed by atoms with Gasteiger partial charge < -0.3 is 0 Å². The molecule has 0 fully saturated rings. The molecular formula is C18H20N6OS3. The minimum Gasteiger partial charge on any atom is -0.272 e. The fourth-order valence-electron chi connectivity index (χ4n) is 2.92. The summed E-state index contributed by atoms with van der Waals surface area (Å²) >= 11 is 4.65. The maximum atomic E-state index is 13.1. The van der Waals surface area contributed by atoms with Crippen LogP contribution in [0.5, 0.6) is 0 Å². The van der Waals surface area contributed by atoms with Gasteiger partial charge in [0.1, 0.15) is 0 Å². The molecule has 7 nitrogen and oxygen atoms in total. The molecule has 4 heterocycles. The van der Waals surface area contributed by atoms with E-state index in [4.69, 9.17) is 0 Å². The van der Waals surface area contributed by atoms with Crippen LogP contribution in [0.15, 0.2) is 45.3 Å². The zero-order valence-electron chi connectivity index (χ0n) is 15.8. The lowest BCUT2D eigenvalue weighted by Gasteiger charge is -2.21. The highest BCUT2D eigenvalue weighted by Crippen LogP contribution is 2.36. The molecule has 0 saturated carbocycles. The van der Waals surface area contributed by atoms with Crippen molar-refractivity contribution >= 4 is 46.1 Å². The summed E-state index contributed by atoms with van der Waals surface area (Å²) in [5.74, 6) is 0.193. The average molecular weight is 433 g/mol. The summed E-state index contributed by atoms with van der Waals surface area (Å²) in [6.45, 7) is 6.08. The van der Waals surface area contributed by atoms with Gasteiger partial charge in [-0.2, -0.15) is 5.10 Å². The molecule has 4 rings (SSSR count). The molecular weight excluding hydrogens is 412 g/mol. The monoisotopic (exact) mass is 432 g/mol. The van der Waals surface area contributed by atoms with Crippen molar-refractivity contribution in [3.63, 3.8) is 0 Å². The SMILES string of the molecule is CC(C)(C)n1nnnc1SCC(=O)N1N=C(c2cccs2)CC1c1cccs1. The van der Waals surface area contributed by atoms with E-state index >= 15 is 0 Å². The van der Waals surface area contributed by atoms with Crippen molar-refractivity contribution in [2.75, 3.05) is 5.75 Å². The lowest BCUT2D eigenvalue weighted by Crippen LogP contribution is -2.29. The van der Waals surface area contributed by atoms with E-state index in [1.54, 1.807) is 32.4 Å². The number of thiophene rings is 2. The predicted octanol–water partition coefficient (Wildman–Crippen LogP) is 4.02. The van der Waals surface area contributed by atoms with Crippen molar-refractivity contribution in [1.82, 2.24) is 25.2 Å². The number of carbonyl (C=O) groups is 1. The van der Waals surface area contributed by atoms with Crippen LogP contribution in [-0.2, 0) is 10.3 Å². The van der Waals surface area contributed by atoms with Gasteiger partial charge in [0, 0.05) is 11.3 Å². The molecule has 0 N–H and O–H groups in total. The van der Waals surface area contributed by atoms with Crippen molar-refractivity contribution in [2.24, 2.45) is 5.10 Å². The van der Waals surface area contributed by atoms with Gasteiger partial charge in [-0.05, 0) is 54.1 Å². The van der Waals surface area contributed by atoms with Crippen molar-refractivity contribution in [2.45, 2.75) is 43.9 Å². The highest BCUT2D eigenvalue weighted by molar-refractivity contribution is 7.99. The van der Waals surface area contributed by atoms with E-state index in [1.165, 1.54) is 11.8 Å². The summed E-state index contributed by atoms with van der Waals surface area (Å²) < 4.78 is 1.74. The minimum absolute atomic E-state index is 0.0431. The van der Waals surface area contributed by atoms with Gasteiger partial charge in [-0.1, -0.05) is 23.9 Å². The molecule has 0 bridgehead atoms. The summed E-state index contributed by atoms with van der Waals surface area (Å²) in [6, 6.07) is 8.09. The van der Waals surface area contributed by atoms with Crippen LogP contribution in [-0.4, -0.2) is 42.6 Å². The van der Waals surface area contributed by atoms with E-state index in [-0.39, 0.29) is 23.2 Å². The highest BCUT2D eigenvalue weighted by Gasteiger charge is 2.34. The number of rotatable bonds is 5. The lowest BCUT2D eigenvalue weighted by molar-refractivity contribution is -0.130. The van der Waals surface area contributed by atoms with E-state index in [0.29, 0.717) is 5.16 Å². The fraction of sp³-hybridized carbons (Fsp3) is 0.389. The van der Waals surface area contributed by atoms with Gasteiger partial charge in [-0.15, -0.1) is 27.8 Å². The van der Waals surface area contributed by atoms with E-state index < -0.39 is 0 Å². The molecule has 0 radical (unpaired) electrons. The maximum absolute atomic E-state index is 13.1. The molecule has 0 saturated heterocycles. The number of carbonyl (C=O) groups excluding carboxylic acids is 1. The number of thioether (sulfide) groups is 1. The van der Waals surface area contributed by atoms with Crippen LogP contribution in [0.4, 0.5) is 0 Å². The van der Waals surface area contributed by atoms with E-state index in [1.807, 2.05) is 43.7 Å². The van der Waals surface area contributed by atoms with Crippen LogP contribution in [0.2, 0.25) is 0 Å². The Morgan fingerprint density at radius 1 is 1.25 bits per heavy atom. The number of hydrogen-bond donors (Lipinski definition) is 0. The third-order valence-corrected chi connectivity index (χ3v) is 7.04. The second kappa shape index (κ2) is 7.76. The minimum atomic E-state index is -0.244. The second-order valence-corrected chi connectivity index (χ2v) is 10.2. The molecule has 146 valence electrons. The van der Waals surface area contributed by atoms with Crippen LogP contribution in [0.3, 0.4) is 0 Å². The first-order valence-electron chi connectivity index (χ1n) is 8.82. The summed E-state index contributed by atoms with van der Waals surface area (Å²) in [5, 5.41) is 22.9. The number of tetrazole rings is 1. The molecule has 0 spiro atoms. The molecule has 0 aromatic carbocycles. The quantitative estimate of drug-likeness (QED) is 0.569. The summed E-state index contributed by atoms with van der Waals surface area (Å²) in [5.41, 5.74) is 0.721. The van der Waals surface area contributed by atoms with Crippen LogP contribution in [0.1, 0.15) is 43.0 Å². The molecule has 1 atom stereocenters. The van der Waals surface area contributed by atoms with Crippen LogP contribution in [0.25, 0.3) is 0 Å². The molecule has 3 aromatic heterocycles. The number of amides is 1. The van der Waals surface area contributed by atoms with Gasteiger partial charge in [0.25, 0.3) is 5.91 Å². The van der Waals surface area contributed by atoms with Crippen molar-refractivity contribution in [3.8, 4) is 0 Å². The van der Waals surface area contributed by atoms with Crippen LogP contribution in [0, 0.1) is 0 Å². The molecule has 1 unspecified atom stereocenters. The number of hydrogen-bond acceptors (Lipinski definition) is 8. The summed E-state index contributed by atoms with van der Waals surface area (Å²) in [4.78, 5) is 15.3. The standard InChI is InChI=1S/C18H20N6OS3/c1-18(2,3)24-17(19-21-22-24)28-11-16(25)23-13(15-7-5-9-27-15)10-12(20-23)14-6-4-8-26-14/h4-9,13H,10-11H2,1-3H3. The predicted molar refractivity (Wildman–Crippen MR) is 113 cm³/mol. The summed E-state index contributed by atoms with van der Waals surface area (Å²) in [7, 11) is 0. The number of hydrazone groups is 1. The third kappa shape index (κ3) is 3.89. The van der Waals surface area contributed by atoms with Gasteiger partial charge in [0.2, 0.25) is 5.16 Å². The molecule has 1 aliphatic heterocycles. The van der Waals surface area contributed by atoms with E-state index in [0.717, 1.165) is 21.9 Å². The van der Waals surface area contributed by atoms with E-state index in [2.05, 4.69) is 32.8 Å². The van der Waals surface area contributed by atoms with Gasteiger partial charge in [-0.25, -0.2) is 9.69 Å². The fourth-order valence-corrected chi connectivity index (χ4v) is 5.36. The number of nitrogens with zero attached hydrogens (tertiary/aromatic N) is 6. The Balaban J connectivity index is 1.53. The van der Waals surface area contributed by atoms with E-state index in [9.17, 15) is 4.79 Å². The molecule has 10 heteroatoms. The van der Waals surface area contributed by atoms with Gasteiger partial charge in [-0.3, -0.25) is 4.79 Å². The highest BCUT2D eigenvalue weighted by atomic mass is 32.2. The maximum Gasteiger partial charge on any atom is 0.253 e. The van der Waals surface area contributed by atoms with Crippen LogP contribution >= 0.6 is 34.4 Å². The van der Waals surface area contributed by atoms with Crippen LogP contribution < -0.4 is 0 Å². The second-order valence-electron chi connectivity index (χ2n) is 7.33. The van der Waals surface area contributed by atoms with Gasteiger partial charge >= 0.3 is 0 Å². The first-order chi connectivity index (χ1) is 13.4. The lowest BCUT2D eigenvalue weighted by atomic mass is 10.1. The Bertz CT molecular complexity index is 972. The first kappa shape index (κ1) is 19.3. The Morgan fingerprint density at radius 3 is 2.71 bits per heavy atom. The Labute approximate surface area is 175 Å². The molecule has 0 aliphatic carbocycles. The van der Waals surface area contributed by atoms with Gasteiger partial charge in [0.15, 0.2) is 0 Å². The smallest absolute Gasteiger partial charge is 0.253 e. The zero-order valence-corrected chi connectivity index (χ0v) is 18.2. The molecule has 1 aliphatic rings. The first-order valence-corrected chi connectivity index (χ1v) is 11.6. The van der Waals surface area contributed by atoms with Crippen molar-refractivity contribution in [3.05, 3.63) is 44.8 Å². The largest absolute Gasteiger partial charge is 0.272 e. The third-order valence-electron chi connectivity index (χ3n) is 4.24. The number of aromatic nitrogens is 4. The molecule has 28 heavy (non-hydrogen) atoms. The average Bonchev–Trinajstić information content (AvgIpc) is 3.45. The van der Waals surface area contributed by atoms with Crippen molar-refractivity contribution < 1.29 is 4.79 Å². The van der Waals surface area contributed by atoms with Gasteiger partial charge in [0.05, 0.1) is 27.9 Å². The molecule has 1 amide bonds. The summed E-state index contributed by atoms with van der Waals surface area (Å²) in [6.07, 6.45) is 0.733. The zero-order chi connectivity index (χ0) is 19.7. The Morgan fingerprint density at radius 2 is 2.04 bits per heavy atom. The Hall–Kier alpha value is -2.04. The Kier molecular flexibility index (Phi) is 5.35. The van der Waals surface area contributed by atoms with Crippen molar-refractivity contribution in [1.29, 1.82) is 0 Å². The topological polar surface area (TPSA) is 76.3 Å². The normalized spacial score (nSPS) is 17.2.